The smallest absolute Gasteiger partial charge is 0.321 e. The van der Waals surface area contributed by atoms with E-state index < -0.39 is 12.1 Å². The number of carbonyl (C=O) groups excluding carboxylic acids is 2. The van der Waals surface area contributed by atoms with Gasteiger partial charge in [0.2, 0.25) is 5.91 Å². The van der Waals surface area contributed by atoms with Gasteiger partial charge in [0.05, 0.1) is 0 Å². The normalized spacial score (nSPS) is 16.1. The molecule has 1 aromatic carbocycles. The summed E-state index contributed by atoms with van der Waals surface area (Å²) < 4.78 is 0. The van der Waals surface area contributed by atoms with Gasteiger partial charge in [0, 0.05) is 11.7 Å². The maximum Gasteiger partial charge on any atom is 0.321 e. The van der Waals surface area contributed by atoms with Gasteiger partial charge in [-0.05, 0) is 56.9 Å². The highest BCUT2D eigenvalue weighted by Crippen LogP contribution is 2.17. The summed E-state index contributed by atoms with van der Waals surface area (Å²) in [6, 6.07) is 5.37. The Bertz CT molecular complexity index is 531. The van der Waals surface area contributed by atoms with Crippen molar-refractivity contribution in [3.8, 4) is 0 Å². The molecule has 5 nitrogen and oxygen atoms in total. The lowest BCUT2D eigenvalue weighted by molar-refractivity contribution is -0.120. The van der Waals surface area contributed by atoms with Crippen molar-refractivity contribution < 1.29 is 9.59 Å². The van der Waals surface area contributed by atoms with Gasteiger partial charge in [-0.3, -0.25) is 10.1 Å². The van der Waals surface area contributed by atoms with E-state index in [0.717, 1.165) is 42.5 Å². The average molecular weight is 303 g/mol. The number of nitrogens with one attached hydrogen (secondary N) is 3. The molecule has 0 aliphatic heterocycles. The second-order valence-electron chi connectivity index (χ2n) is 6.19. The fraction of sp³-hybridized carbons (Fsp3) is 0.529. The second-order valence-corrected chi connectivity index (χ2v) is 6.19. The molecule has 0 aromatic heterocycles. The van der Waals surface area contributed by atoms with Crippen LogP contribution >= 0.6 is 0 Å². The third-order valence-electron chi connectivity index (χ3n) is 3.93. The number of hydrogen-bond donors (Lipinski definition) is 3. The Balaban J connectivity index is 1.84. The number of amides is 3. The zero-order valence-electron chi connectivity index (χ0n) is 13.5. The first-order valence-corrected chi connectivity index (χ1v) is 7.90. The summed E-state index contributed by atoms with van der Waals surface area (Å²) in [6.07, 6.45) is 4.28. The summed E-state index contributed by atoms with van der Waals surface area (Å²) in [7, 11) is 0. The highest BCUT2D eigenvalue weighted by molar-refractivity contribution is 5.98. The molecule has 0 heterocycles. The van der Waals surface area contributed by atoms with Crippen molar-refractivity contribution >= 4 is 17.6 Å². The quantitative estimate of drug-likeness (QED) is 0.801. The maximum atomic E-state index is 12.1. The second kappa shape index (κ2) is 7.29. The number of rotatable bonds is 4. The van der Waals surface area contributed by atoms with Crippen LogP contribution in [0.5, 0.6) is 0 Å². The van der Waals surface area contributed by atoms with Crippen LogP contribution in [0.4, 0.5) is 10.5 Å². The Morgan fingerprint density at radius 1 is 1.09 bits per heavy atom. The lowest BCUT2D eigenvalue weighted by Gasteiger charge is -2.17. The van der Waals surface area contributed by atoms with Crippen molar-refractivity contribution in [3.63, 3.8) is 0 Å². The van der Waals surface area contributed by atoms with Crippen molar-refractivity contribution in [2.24, 2.45) is 0 Å². The number of urea groups is 1. The fourth-order valence-corrected chi connectivity index (χ4v) is 2.89. The molecule has 22 heavy (non-hydrogen) atoms. The van der Waals surface area contributed by atoms with Crippen LogP contribution in [0.15, 0.2) is 18.2 Å². The van der Waals surface area contributed by atoms with Crippen LogP contribution in [0.25, 0.3) is 0 Å². The Labute approximate surface area is 131 Å². The van der Waals surface area contributed by atoms with Crippen LogP contribution in [0, 0.1) is 13.8 Å². The van der Waals surface area contributed by atoms with Crippen molar-refractivity contribution in [2.75, 3.05) is 5.32 Å². The molecule has 1 aliphatic carbocycles. The Morgan fingerprint density at radius 3 is 2.27 bits per heavy atom. The number of hydrogen-bond acceptors (Lipinski definition) is 3. The van der Waals surface area contributed by atoms with Gasteiger partial charge in [0.1, 0.15) is 6.04 Å². The molecule has 5 heteroatoms. The summed E-state index contributed by atoms with van der Waals surface area (Å²) in [5.41, 5.74) is 3.15. The first-order valence-electron chi connectivity index (χ1n) is 7.90. The van der Waals surface area contributed by atoms with Gasteiger partial charge in [0.25, 0.3) is 0 Å². The molecule has 2 rings (SSSR count). The minimum atomic E-state index is -0.476. The molecule has 1 aliphatic rings. The number of carbonyl (C=O) groups is 2. The molecular weight excluding hydrogens is 278 g/mol. The zero-order valence-corrected chi connectivity index (χ0v) is 13.5. The monoisotopic (exact) mass is 303 g/mol. The van der Waals surface area contributed by atoms with Crippen LogP contribution in [0.1, 0.15) is 43.7 Å². The zero-order chi connectivity index (χ0) is 16.1. The number of anilines is 1. The molecule has 1 unspecified atom stereocenters. The minimum absolute atomic E-state index is 0.204. The lowest BCUT2D eigenvalue weighted by Crippen LogP contribution is -2.48. The van der Waals surface area contributed by atoms with Gasteiger partial charge in [-0.2, -0.15) is 0 Å². The summed E-state index contributed by atoms with van der Waals surface area (Å²) in [5, 5.41) is 8.38. The molecule has 1 atom stereocenters. The van der Waals surface area contributed by atoms with Gasteiger partial charge < -0.3 is 10.6 Å². The molecule has 0 bridgehead atoms. The fourth-order valence-electron chi connectivity index (χ4n) is 2.89. The molecule has 0 radical (unpaired) electrons. The minimum Gasteiger partial charge on any atom is -0.374 e. The Hall–Kier alpha value is -2.04. The van der Waals surface area contributed by atoms with E-state index in [2.05, 4.69) is 22.0 Å². The van der Waals surface area contributed by atoms with Gasteiger partial charge in [-0.1, -0.05) is 18.9 Å². The molecular formula is C17H25N3O2. The number of aryl methyl sites for hydroxylation is 2. The molecule has 0 spiro atoms. The summed E-state index contributed by atoms with van der Waals surface area (Å²) in [5.74, 6) is -0.324. The first-order chi connectivity index (χ1) is 10.4. The van der Waals surface area contributed by atoms with E-state index in [4.69, 9.17) is 0 Å². The molecule has 1 saturated carbocycles. The van der Waals surface area contributed by atoms with Gasteiger partial charge in [0.15, 0.2) is 0 Å². The van der Waals surface area contributed by atoms with Crippen molar-refractivity contribution in [3.05, 3.63) is 29.3 Å². The summed E-state index contributed by atoms with van der Waals surface area (Å²) >= 11 is 0. The van der Waals surface area contributed by atoms with E-state index >= 15 is 0 Å². The maximum absolute atomic E-state index is 12.1. The highest BCUT2D eigenvalue weighted by atomic mass is 16.2. The predicted octanol–water partition coefficient (Wildman–Crippen LogP) is 2.87. The van der Waals surface area contributed by atoms with Gasteiger partial charge in [-0.15, -0.1) is 0 Å². The van der Waals surface area contributed by atoms with E-state index in [1.54, 1.807) is 6.92 Å². The van der Waals surface area contributed by atoms with E-state index in [1.807, 2.05) is 26.0 Å². The van der Waals surface area contributed by atoms with E-state index in [9.17, 15) is 9.59 Å². The molecule has 0 saturated heterocycles. The van der Waals surface area contributed by atoms with Crippen molar-refractivity contribution in [1.29, 1.82) is 0 Å². The van der Waals surface area contributed by atoms with Gasteiger partial charge in [-0.25, -0.2) is 4.79 Å². The largest absolute Gasteiger partial charge is 0.374 e. The standard InChI is InChI=1S/C17H25N3O2/c1-11-8-12(2)10-15(9-11)18-13(3)16(21)20-17(22)19-14-6-4-5-7-14/h8-10,13-14,18H,4-7H2,1-3H3,(H2,19,20,21,22). The van der Waals surface area contributed by atoms with Crippen LogP contribution in [0.3, 0.4) is 0 Å². The van der Waals surface area contributed by atoms with Crippen LogP contribution in [-0.2, 0) is 4.79 Å². The van der Waals surface area contributed by atoms with Crippen LogP contribution in [-0.4, -0.2) is 24.0 Å². The third kappa shape index (κ3) is 4.76. The molecule has 3 N–H and O–H groups in total. The van der Waals surface area contributed by atoms with Crippen molar-refractivity contribution in [1.82, 2.24) is 10.6 Å². The van der Waals surface area contributed by atoms with Crippen LogP contribution < -0.4 is 16.0 Å². The van der Waals surface area contributed by atoms with Gasteiger partial charge >= 0.3 is 6.03 Å². The summed E-state index contributed by atoms with van der Waals surface area (Å²) in [4.78, 5) is 23.9. The average Bonchev–Trinajstić information content (AvgIpc) is 2.89. The third-order valence-corrected chi connectivity index (χ3v) is 3.93. The predicted molar refractivity (Wildman–Crippen MR) is 87.9 cm³/mol. The van der Waals surface area contributed by atoms with Crippen molar-refractivity contribution in [2.45, 2.75) is 58.5 Å². The van der Waals surface area contributed by atoms with E-state index in [-0.39, 0.29) is 11.9 Å². The van der Waals surface area contributed by atoms with Crippen LogP contribution in [0.2, 0.25) is 0 Å². The molecule has 120 valence electrons. The summed E-state index contributed by atoms with van der Waals surface area (Å²) in [6.45, 7) is 5.77. The highest BCUT2D eigenvalue weighted by Gasteiger charge is 2.20. The van der Waals surface area contributed by atoms with E-state index in [1.165, 1.54) is 0 Å². The Kier molecular flexibility index (Phi) is 5.41. The number of imide groups is 1. The molecule has 3 amide bonds. The molecule has 1 aromatic rings. The first kappa shape index (κ1) is 16.3. The Morgan fingerprint density at radius 2 is 1.68 bits per heavy atom. The lowest BCUT2D eigenvalue weighted by atomic mass is 10.1. The van der Waals surface area contributed by atoms with E-state index in [0.29, 0.717) is 0 Å². The topological polar surface area (TPSA) is 70.2 Å². The SMILES string of the molecule is Cc1cc(C)cc(NC(C)C(=O)NC(=O)NC2CCCC2)c1. The number of benzene rings is 1. The molecule has 1 fully saturated rings.